The quantitative estimate of drug-likeness (QED) is 0.684. The lowest BCUT2D eigenvalue weighted by molar-refractivity contribution is -0.0772. The van der Waals surface area contributed by atoms with Gasteiger partial charge in [-0.2, -0.15) is 0 Å². The summed E-state index contributed by atoms with van der Waals surface area (Å²) in [4.78, 5) is 28.2. The van der Waals surface area contributed by atoms with Crippen molar-refractivity contribution in [2.45, 2.75) is 0 Å². The van der Waals surface area contributed by atoms with E-state index in [-0.39, 0.29) is 11.3 Å². The van der Waals surface area contributed by atoms with E-state index in [0.717, 1.165) is 15.2 Å². The van der Waals surface area contributed by atoms with Gasteiger partial charge in [0.2, 0.25) is 5.76 Å². The molecule has 20 heavy (non-hydrogen) atoms. The number of furan rings is 1. The van der Waals surface area contributed by atoms with Gasteiger partial charge < -0.3 is 9.73 Å². The zero-order valence-corrected chi connectivity index (χ0v) is 12.8. The molecule has 0 spiro atoms. The molecule has 2 rings (SSSR count). The van der Waals surface area contributed by atoms with Crippen molar-refractivity contribution in [2.75, 3.05) is 26.5 Å². The van der Waals surface area contributed by atoms with Crippen molar-refractivity contribution in [3.8, 4) is 0 Å². The predicted molar refractivity (Wildman–Crippen MR) is 78.0 cm³/mol. The van der Waals surface area contributed by atoms with E-state index in [2.05, 4.69) is 21.2 Å². The summed E-state index contributed by atoms with van der Waals surface area (Å²) in [7, 11) is 4.57. The summed E-state index contributed by atoms with van der Waals surface area (Å²) in [5, 5.41) is 4.55. The number of benzene rings is 1. The van der Waals surface area contributed by atoms with Crippen LogP contribution in [0.5, 0.6) is 0 Å². The summed E-state index contributed by atoms with van der Waals surface area (Å²) < 4.78 is 6.28. The predicted octanol–water partition coefficient (Wildman–Crippen LogP) is 2.68. The van der Waals surface area contributed by atoms with Crippen molar-refractivity contribution in [3.63, 3.8) is 0 Å². The van der Waals surface area contributed by atoms with Gasteiger partial charge in [-0.25, -0.2) is 5.06 Å². The third-order valence-corrected chi connectivity index (χ3v) is 3.61. The normalized spacial score (nSPS) is 10.6. The molecule has 6 nitrogen and oxygen atoms in total. The van der Waals surface area contributed by atoms with Crippen molar-refractivity contribution in [1.29, 1.82) is 0 Å². The second-order valence-corrected chi connectivity index (χ2v) is 4.88. The number of hydrogen-bond acceptors (Lipinski definition) is 5. The Balaban J connectivity index is 2.68. The highest BCUT2D eigenvalue weighted by molar-refractivity contribution is 9.10. The molecule has 0 aliphatic rings. The first-order chi connectivity index (χ1) is 9.53. The SMILES string of the molecule is CNc1cc2oc(C(=O)N(C)OC)c(C=O)c2cc1Br. The molecular weight excluding hydrogens is 328 g/mol. The molecule has 0 radical (unpaired) electrons. The maximum Gasteiger partial charge on any atom is 0.313 e. The molecule has 0 bridgehead atoms. The maximum atomic E-state index is 12.1. The van der Waals surface area contributed by atoms with E-state index in [9.17, 15) is 9.59 Å². The molecular formula is C13H13BrN2O4. The Kier molecular flexibility index (Phi) is 4.10. The summed E-state index contributed by atoms with van der Waals surface area (Å²) >= 11 is 3.39. The van der Waals surface area contributed by atoms with E-state index in [1.54, 1.807) is 19.2 Å². The van der Waals surface area contributed by atoms with Gasteiger partial charge in [-0.15, -0.1) is 0 Å². The van der Waals surface area contributed by atoms with E-state index >= 15 is 0 Å². The lowest BCUT2D eigenvalue weighted by Gasteiger charge is -2.11. The molecule has 0 unspecified atom stereocenters. The number of amides is 1. The first-order valence-corrected chi connectivity index (χ1v) is 6.54. The van der Waals surface area contributed by atoms with Gasteiger partial charge in [0, 0.05) is 30.0 Å². The van der Waals surface area contributed by atoms with Gasteiger partial charge in [0.1, 0.15) is 5.58 Å². The Labute approximate surface area is 123 Å². The number of nitrogens with one attached hydrogen (secondary N) is 1. The zero-order chi connectivity index (χ0) is 14.9. The summed E-state index contributed by atoms with van der Waals surface area (Å²) in [5.41, 5.74) is 1.45. The van der Waals surface area contributed by atoms with Crippen LogP contribution in [-0.2, 0) is 4.84 Å². The van der Waals surface area contributed by atoms with Gasteiger partial charge in [0.15, 0.2) is 6.29 Å². The van der Waals surface area contributed by atoms with Crippen LogP contribution in [0.15, 0.2) is 21.0 Å². The fourth-order valence-corrected chi connectivity index (χ4v) is 2.37. The molecule has 1 aromatic heterocycles. The molecule has 0 aliphatic heterocycles. The van der Waals surface area contributed by atoms with E-state index in [4.69, 9.17) is 9.25 Å². The van der Waals surface area contributed by atoms with Gasteiger partial charge in [-0.1, -0.05) is 0 Å². The van der Waals surface area contributed by atoms with Crippen molar-refractivity contribution < 1.29 is 18.8 Å². The van der Waals surface area contributed by atoms with Gasteiger partial charge >= 0.3 is 5.91 Å². The highest BCUT2D eigenvalue weighted by atomic mass is 79.9. The molecule has 0 saturated carbocycles. The van der Waals surface area contributed by atoms with Crippen molar-refractivity contribution >= 4 is 44.8 Å². The number of hydrogen-bond donors (Lipinski definition) is 1. The number of anilines is 1. The van der Waals surface area contributed by atoms with Crippen LogP contribution in [0.25, 0.3) is 11.0 Å². The molecule has 7 heteroatoms. The van der Waals surface area contributed by atoms with Crippen LogP contribution in [0.2, 0.25) is 0 Å². The fraction of sp³-hybridized carbons (Fsp3) is 0.231. The average Bonchev–Trinajstić information content (AvgIpc) is 2.81. The summed E-state index contributed by atoms with van der Waals surface area (Å²) in [6, 6.07) is 3.45. The van der Waals surface area contributed by atoms with E-state index in [1.807, 2.05) is 0 Å². The van der Waals surface area contributed by atoms with Gasteiger partial charge in [-0.05, 0) is 22.0 Å². The number of aldehydes is 1. The third kappa shape index (κ3) is 2.30. The Bertz CT molecular complexity index is 681. The van der Waals surface area contributed by atoms with Gasteiger partial charge in [-0.3, -0.25) is 14.4 Å². The van der Waals surface area contributed by atoms with Crippen molar-refractivity contribution in [2.24, 2.45) is 0 Å². The highest BCUT2D eigenvalue weighted by Crippen LogP contribution is 2.33. The minimum atomic E-state index is -0.520. The number of carbonyl (C=O) groups excluding carboxylic acids is 2. The van der Waals surface area contributed by atoms with Crippen LogP contribution >= 0.6 is 15.9 Å². The Morgan fingerprint density at radius 1 is 1.50 bits per heavy atom. The first kappa shape index (κ1) is 14.5. The molecule has 0 saturated heterocycles. The van der Waals surface area contributed by atoms with Crippen molar-refractivity contribution in [3.05, 3.63) is 27.9 Å². The van der Waals surface area contributed by atoms with Crippen LogP contribution in [0.3, 0.4) is 0 Å². The summed E-state index contributed by atoms with van der Waals surface area (Å²) in [6.45, 7) is 0. The van der Waals surface area contributed by atoms with Crippen molar-refractivity contribution in [1.82, 2.24) is 5.06 Å². The van der Waals surface area contributed by atoms with E-state index in [0.29, 0.717) is 17.3 Å². The largest absolute Gasteiger partial charge is 0.450 e. The molecule has 0 aliphatic carbocycles. The van der Waals surface area contributed by atoms with Crippen LogP contribution in [0.4, 0.5) is 5.69 Å². The van der Waals surface area contributed by atoms with Crippen LogP contribution in [0.1, 0.15) is 20.9 Å². The average molecular weight is 341 g/mol. The minimum Gasteiger partial charge on any atom is -0.450 e. The second-order valence-electron chi connectivity index (χ2n) is 4.03. The Morgan fingerprint density at radius 2 is 2.20 bits per heavy atom. The fourth-order valence-electron chi connectivity index (χ4n) is 1.83. The Morgan fingerprint density at radius 3 is 2.75 bits per heavy atom. The van der Waals surface area contributed by atoms with E-state index < -0.39 is 5.91 Å². The molecule has 0 atom stereocenters. The minimum absolute atomic E-state index is 0.0421. The smallest absolute Gasteiger partial charge is 0.313 e. The number of halogens is 1. The lowest BCUT2D eigenvalue weighted by atomic mass is 10.1. The summed E-state index contributed by atoms with van der Waals surface area (Å²) in [5.74, 6) is -0.563. The van der Waals surface area contributed by atoms with Gasteiger partial charge in [0.25, 0.3) is 0 Å². The number of rotatable bonds is 4. The van der Waals surface area contributed by atoms with Crippen LogP contribution in [-0.4, -0.2) is 38.5 Å². The number of fused-ring (bicyclic) bond motifs is 1. The number of carbonyl (C=O) groups is 2. The number of nitrogens with zero attached hydrogens (tertiary/aromatic N) is 1. The highest BCUT2D eigenvalue weighted by Gasteiger charge is 2.24. The molecule has 106 valence electrons. The van der Waals surface area contributed by atoms with Crippen LogP contribution < -0.4 is 5.32 Å². The number of hydroxylamine groups is 2. The summed E-state index contributed by atoms with van der Waals surface area (Å²) in [6.07, 6.45) is 0.605. The molecule has 1 heterocycles. The standard InChI is InChI=1S/C13H13BrN2O4/c1-15-10-5-11-7(4-9(10)14)8(6-17)12(20-11)13(18)16(2)19-3/h4-6,15H,1-3H3. The lowest BCUT2D eigenvalue weighted by Crippen LogP contribution is -2.25. The first-order valence-electron chi connectivity index (χ1n) is 5.74. The molecule has 1 aromatic carbocycles. The van der Waals surface area contributed by atoms with Gasteiger partial charge in [0.05, 0.1) is 18.4 Å². The third-order valence-electron chi connectivity index (χ3n) is 2.96. The maximum absolute atomic E-state index is 12.1. The zero-order valence-electron chi connectivity index (χ0n) is 11.2. The Hall–Kier alpha value is -1.86. The topological polar surface area (TPSA) is 71.8 Å². The van der Waals surface area contributed by atoms with E-state index in [1.165, 1.54) is 14.2 Å². The second kappa shape index (κ2) is 5.64. The monoisotopic (exact) mass is 340 g/mol. The molecule has 1 amide bonds. The molecule has 2 aromatic rings. The molecule has 1 N–H and O–H groups in total. The van der Waals surface area contributed by atoms with Crippen LogP contribution in [0, 0.1) is 0 Å². The molecule has 0 fully saturated rings.